The Kier molecular flexibility index (Phi) is 3.32. The second kappa shape index (κ2) is 5.00. The van der Waals surface area contributed by atoms with Gasteiger partial charge in [0.15, 0.2) is 0 Å². The van der Waals surface area contributed by atoms with Crippen molar-refractivity contribution in [3.63, 3.8) is 0 Å². The van der Waals surface area contributed by atoms with Gasteiger partial charge in [-0.2, -0.15) is 0 Å². The van der Waals surface area contributed by atoms with E-state index in [9.17, 15) is 0 Å². The first-order valence-corrected chi connectivity index (χ1v) is 7.01. The molecular weight excluding hydrogens is 293 g/mol. The molecule has 0 radical (unpaired) electrons. The lowest BCUT2D eigenvalue weighted by molar-refractivity contribution is 0.668. The van der Waals surface area contributed by atoms with E-state index in [4.69, 9.17) is 28.9 Å². The van der Waals surface area contributed by atoms with Gasteiger partial charge in [0.05, 0.1) is 27.1 Å². The van der Waals surface area contributed by atoms with Crippen LogP contribution in [-0.4, -0.2) is 9.55 Å². The van der Waals surface area contributed by atoms with Crippen molar-refractivity contribution in [2.75, 3.05) is 5.73 Å². The maximum absolute atomic E-state index is 6.11. The zero-order chi connectivity index (χ0) is 14.3. The number of fused-ring (bicyclic) bond motifs is 1. The van der Waals surface area contributed by atoms with Gasteiger partial charge in [-0.15, -0.1) is 0 Å². The second-order valence-electron chi connectivity index (χ2n) is 4.68. The lowest BCUT2D eigenvalue weighted by Crippen LogP contribution is -2.10. The maximum Gasteiger partial charge on any atom is 0.201 e. The van der Waals surface area contributed by atoms with Crippen LogP contribution in [0.15, 0.2) is 42.5 Å². The highest BCUT2D eigenvalue weighted by atomic mass is 35.5. The quantitative estimate of drug-likeness (QED) is 0.755. The van der Waals surface area contributed by atoms with E-state index in [1.807, 2.05) is 28.8 Å². The summed E-state index contributed by atoms with van der Waals surface area (Å²) in [6, 6.07) is 13.7. The second-order valence-corrected chi connectivity index (χ2v) is 5.50. The summed E-state index contributed by atoms with van der Waals surface area (Å²) in [5, 5.41) is 0.983. The molecular formula is C15H13Cl2N3. The molecule has 0 fully saturated rings. The van der Waals surface area contributed by atoms with Gasteiger partial charge in [0.1, 0.15) is 0 Å². The smallest absolute Gasteiger partial charge is 0.201 e. The summed E-state index contributed by atoms with van der Waals surface area (Å²) in [5.74, 6) is 0.453. The molecule has 3 rings (SSSR count). The number of hydrogen-bond acceptors (Lipinski definition) is 2. The Hall–Kier alpha value is -1.71. The first-order valence-electron chi connectivity index (χ1n) is 6.25. The molecule has 20 heavy (non-hydrogen) atoms. The molecule has 102 valence electrons. The van der Waals surface area contributed by atoms with Crippen LogP contribution in [0.3, 0.4) is 0 Å². The molecule has 0 saturated carbocycles. The third-order valence-corrected chi connectivity index (χ3v) is 4.15. The molecule has 1 atom stereocenters. The summed E-state index contributed by atoms with van der Waals surface area (Å²) in [4.78, 5) is 4.36. The van der Waals surface area contributed by atoms with Gasteiger partial charge >= 0.3 is 0 Å². The van der Waals surface area contributed by atoms with Gasteiger partial charge in [-0.1, -0.05) is 53.5 Å². The molecule has 2 N–H and O–H groups in total. The van der Waals surface area contributed by atoms with E-state index in [-0.39, 0.29) is 6.04 Å². The molecule has 0 bridgehead atoms. The average Bonchev–Trinajstić information content (AvgIpc) is 2.75. The van der Waals surface area contributed by atoms with Crippen LogP contribution in [0.25, 0.3) is 11.0 Å². The summed E-state index contributed by atoms with van der Waals surface area (Å²) >= 11 is 12.1. The van der Waals surface area contributed by atoms with Crippen molar-refractivity contribution >= 4 is 40.2 Å². The van der Waals surface area contributed by atoms with Gasteiger partial charge < -0.3 is 10.3 Å². The van der Waals surface area contributed by atoms with E-state index < -0.39 is 0 Å². The average molecular weight is 306 g/mol. The fourth-order valence-corrected chi connectivity index (χ4v) is 2.71. The first kappa shape index (κ1) is 13.3. The molecule has 0 amide bonds. The summed E-state index contributed by atoms with van der Waals surface area (Å²) < 4.78 is 1.97. The van der Waals surface area contributed by atoms with Gasteiger partial charge in [-0.3, -0.25) is 0 Å². The zero-order valence-electron chi connectivity index (χ0n) is 10.8. The van der Waals surface area contributed by atoms with Crippen LogP contribution in [0.5, 0.6) is 0 Å². The van der Waals surface area contributed by atoms with Crippen molar-refractivity contribution < 1.29 is 0 Å². The fraction of sp³-hybridized carbons (Fsp3) is 0.133. The third-order valence-electron chi connectivity index (χ3n) is 3.43. The van der Waals surface area contributed by atoms with Crippen LogP contribution in [0, 0.1) is 0 Å². The van der Waals surface area contributed by atoms with Crippen LogP contribution >= 0.6 is 23.2 Å². The first-order chi connectivity index (χ1) is 9.58. The minimum atomic E-state index is 0.0680. The molecule has 3 nitrogen and oxygen atoms in total. The molecule has 3 aromatic rings. The Morgan fingerprint density at radius 1 is 1.10 bits per heavy atom. The van der Waals surface area contributed by atoms with Crippen molar-refractivity contribution in [1.29, 1.82) is 0 Å². The normalized spacial score (nSPS) is 12.8. The van der Waals surface area contributed by atoms with Crippen LogP contribution in [0.4, 0.5) is 5.95 Å². The van der Waals surface area contributed by atoms with E-state index in [1.165, 1.54) is 0 Å². The summed E-state index contributed by atoms with van der Waals surface area (Å²) in [7, 11) is 0. The van der Waals surface area contributed by atoms with Crippen LogP contribution < -0.4 is 5.73 Å². The van der Waals surface area contributed by atoms with Crippen molar-refractivity contribution in [3.05, 3.63) is 58.1 Å². The lowest BCUT2D eigenvalue weighted by atomic mass is 10.1. The van der Waals surface area contributed by atoms with Crippen LogP contribution in [-0.2, 0) is 0 Å². The zero-order valence-corrected chi connectivity index (χ0v) is 12.4. The molecule has 1 unspecified atom stereocenters. The molecule has 0 aliphatic rings. The molecule has 2 aromatic carbocycles. The largest absolute Gasteiger partial charge is 0.369 e. The predicted molar refractivity (Wildman–Crippen MR) is 84.4 cm³/mol. The van der Waals surface area contributed by atoms with E-state index in [0.717, 1.165) is 16.6 Å². The van der Waals surface area contributed by atoms with E-state index in [2.05, 4.69) is 24.0 Å². The van der Waals surface area contributed by atoms with E-state index >= 15 is 0 Å². The van der Waals surface area contributed by atoms with Crippen LogP contribution in [0.2, 0.25) is 10.0 Å². The topological polar surface area (TPSA) is 43.8 Å². The highest BCUT2D eigenvalue weighted by Gasteiger charge is 2.16. The summed E-state index contributed by atoms with van der Waals surface area (Å²) in [6.45, 7) is 2.08. The highest BCUT2D eigenvalue weighted by molar-refractivity contribution is 6.42. The molecule has 1 heterocycles. The minimum Gasteiger partial charge on any atom is -0.369 e. The monoisotopic (exact) mass is 305 g/mol. The Bertz CT molecular complexity index is 766. The SMILES string of the molecule is CC(c1ccccc1)n1c(N)nc2cc(Cl)c(Cl)cc21. The van der Waals surface area contributed by atoms with Gasteiger partial charge in [0.25, 0.3) is 0 Å². The lowest BCUT2D eigenvalue weighted by Gasteiger charge is -2.16. The minimum absolute atomic E-state index is 0.0680. The molecule has 0 aliphatic carbocycles. The van der Waals surface area contributed by atoms with Crippen molar-refractivity contribution in [2.24, 2.45) is 0 Å². The van der Waals surface area contributed by atoms with Gasteiger partial charge in [0, 0.05) is 0 Å². The Labute approximate surface area is 126 Å². The molecule has 0 spiro atoms. The van der Waals surface area contributed by atoms with E-state index in [0.29, 0.717) is 16.0 Å². The van der Waals surface area contributed by atoms with Crippen molar-refractivity contribution in [2.45, 2.75) is 13.0 Å². The third kappa shape index (κ3) is 2.13. The number of hydrogen-bond donors (Lipinski definition) is 1. The Morgan fingerprint density at radius 2 is 1.75 bits per heavy atom. The number of anilines is 1. The molecule has 0 saturated heterocycles. The van der Waals surface area contributed by atoms with Gasteiger partial charge in [-0.05, 0) is 24.6 Å². The van der Waals surface area contributed by atoms with Crippen molar-refractivity contribution in [1.82, 2.24) is 9.55 Å². The number of benzene rings is 2. The number of nitrogens with zero attached hydrogens (tertiary/aromatic N) is 2. The fourth-order valence-electron chi connectivity index (χ4n) is 2.40. The van der Waals surface area contributed by atoms with Gasteiger partial charge in [-0.25, -0.2) is 4.98 Å². The predicted octanol–water partition coefficient (Wildman–Crippen LogP) is 4.53. The number of nitrogen functional groups attached to an aromatic ring is 1. The Balaban J connectivity index is 2.21. The molecule has 1 aromatic heterocycles. The number of aromatic nitrogens is 2. The number of rotatable bonds is 2. The highest BCUT2D eigenvalue weighted by Crippen LogP contribution is 2.32. The Morgan fingerprint density at radius 3 is 2.45 bits per heavy atom. The standard InChI is InChI=1S/C15H13Cl2N3/c1-9(10-5-3-2-4-6-10)20-14-8-12(17)11(16)7-13(14)19-15(20)18/h2-9H,1H3,(H2,18,19). The number of nitrogens with two attached hydrogens (primary N) is 1. The van der Waals surface area contributed by atoms with Crippen molar-refractivity contribution in [3.8, 4) is 0 Å². The van der Waals surface area contributed by atoms with E-state index in [1.54, 1.807) is 6.07 Å². The summed E-state index contributed by atoms with van der Waals surface area (Å²) in [5.41, 5.74) is 8.85. The molecule has 0 aliphatic heterocycles. The summed E-state index contributed by atoms with van der Waals surface area (Å²) in [6.07, 6.45) is 0. The molecule has 5 heteroatoms. The number of halogens is 2. The number of imidazole rings is 1. The maximum atomic E-state index is 6.11. The van der Waals surface area contributed by atoms with Gasteiger partial charge in [0.2, 0.25) is 5.95 Å². The van der Waals surface area contributed by atoms with Crippen LogP contribution in [0.1, 0.15) is 18.5 Å².